The van der Waals surface area contributed by atoms with Crippen LogP contribution in [0.3, 0.4) is 0 Å². The quantitative estimate of drug-likeness (QED) is 0.574. The minimum absolute atomic E-state index is 0.147. The second-order valence-corrected chi connectivity index (χ2v) is 5.59. The molecule has 1 aromatic rings. The number of halogens is 4. The highest BCUT2D eigenvalue weighted by atomic mass is 19.4. The number of nitrogens with zero attached hydrogens (tertiary/aromatic N) is 1. The van der Waals surface area contributed by atoms with E-state index in [1.807, 2.05) is 13.8 Å². The molecular weight excluding hydrogens is 308 g/mol. The molecule has 0 heterocycles. The second kappa shape index (κ2) is 7.44. The fourth-order valence-electron chi connectivity index (χ4n) is 1.69. The molecule has 1 rings (SSSR count). The monoisotopic (exact) mass is 328 g/mol. The van der Waals surface area contributed by atoms with Gasteiger partial charge in [-0.2, -0.15) is 13.2 Å². The summed E-state index contributed by atoms with van der Waals surface area (Å²) in [7, 11) is 0. The molecule has 0 bridgehead atoms. The summed E-state index contributed by atoms with van der Waals surface area (Å²) in [6.07, 6.45) is -4.53. The molecule has 0 aromatic heterocycles. The van der Waals surface area contributed by atoms with Gasteiger partial charge in [-0.15, -0.1) is 0 Å². The van der Waals surface area contributed by atoms with Crippen molar-refractivity contribution >= 4 is 17.1 Å². The molecule has 0 aliphatic heterocycles. The highest BCUT2D eigenvalue weighted by Crippen LogP contribution is 2.24. The van der Waals surface area contributed by atoms with Gasteiger partial charge >= 0.3 is 6.18 Å². The Hall–Kier alpha value is -2.11. The van der Waals surface area contributed by atoms with Gasteiger partial charge in [-0.05, 0) is 25.0 Å². The molecule has 126 valence electrons. The van der Waals surface area contributed by atoms with Crippen LogP contribution >= 0.6 is 0 Å². The van der Waals surface area contributed by atoms with E-state index >= 15 is 0 Å². The normalized spacial score (nSPS) is 12.4. The van der Waals surface area contributed by atoms with Gasteiger partial charge in [-0.1, -0.05) is 33.1 Å². The van der Waals surface area contributed by atoms with Crippen LogP contribution in [0.5, 0.6) is 0 Å². The number of aliphatic imine (C=N–C) groups is 1. The number of hydrogen-bond donors (Lipinski definition) is 1. The Morgan fingerprint density at radius 2 is 1.87 bits per heavy atom. The van der Waals surface area contributed by atoms with Crippen molar-refractivity contribution in [3.8, 4) is 0 Å². The van der Waals surface area contributed by atoms with E-state index in [-0.39, 0.29) is 16.8 Å². The fourth-order valence-corrected chi connectivity index (χ4v) is 1.69. The first-order valence-corrected chi connectivity index (χ1v) is 7.06. The number of benzene rings is 1. The Labute approximate surface area is 133 Å². The molecule has 0 unspecified atom stereocenters. The van der Waals surface area contributed by atoms with Crippen LogP contribution in [0.1, 0.15) is 31.9 Å². The van der Waals surface area contributed by atoms with Crippen molar-refractivity contribution in [2.45, 2.75) is 26.9 Å². The molecule has 1 N–H and O–H groups in total. The SMILES string of the molecule is C=C(/N=C(\C)C(F)(F)F)c1ccc(C(=C)NCC(C)C)c(F)c1. The highest BCUT2D eigenvalue weighted by Gasteiger charge is 2.32. The summed E-state index contributed by atoms with van der Waals surface area (Å²) < 4.78 is 51.5. The van der Waals surface area contributed by atoms with E-state index in [1.165, 1.54) is 12.1 Å². The molecule has 0 amide bonds. The molecule has 1 aromatic carbocycles. The maximum atomic E-state index is 14.1. The van der Waals surface area contributed by atoms with Gasteiger partial charge in [0.1, 0.15) is 11.5 Å². The van der Waals surface area contributed by atoms with Crippen LogP contribution in [0.4, 0.5) is 17.6 Å². The number of alkyl halides is 3. The van der Waals surface area contributed by atoms with Gasteiger partial charge in [0.15, 0.2) is 0 Å². The first kappa shape index (κ1) is 18.9. The third kappa shape index (κ3) is 5.54. The highest BCUT2D eigenvalue weighted by molar-refractivity contribution is 5.91. The van der Waals surface area contributed by atoms with Gasteiger partial charge in [0.2, 0.25) is 0 Å². The topological polar surface area (TPSA) is 24.4 Å². The number of rotatable bonds is 6. The van der Waals surface area contributed by atoms with Crippen molar-refractivity contribution < 1.29 is 17.6 Å². The lowest BCUT2D eigenvalue weighted by Gasteiger charge is -2.13. The molecular formula is C17H20F4N2. The average Bonchev–Trinajstić information content (AvgIpc) is 2.43. The lowest BCUT2D eigenvalue weighted by Crippen LogP contribution is -2.19. The minimum Gasteiger partial charge on any atom is -0.385 e. The van der Waals surface area contributed by atoms with Crippen molar-refractivity contribution in [1.82, 2.24) is 5.32 Å². The first-order chi connectivity index (χ1) is 10.5. The maximum Gasteiger partial charge on any atom is 0.429 e. The van der Waals surface area contributed by atoms with Crippen LogP contribution in [-0.4, -0.2) is 18.4 Å². The van der Waals surface area contributed by atoms with E-state index in [0.29, 0.717) is 18.2 Å². The summed E-state index contributed by atoms with van der Waals surface area (Å²) >= 11 is 0. The van der Waals surface area contributed by atoms with E-state index < -0.39 is 17.7 Å². The van der Waals surface area contributed by atoms with Crippen LogP contribution in [0, 0.1) is 11.7 Å². The Morgan fingerprint density at radius 1 is 1.26 bits per heavy atom. The molecule has 0 saturated heterocycles. The van der Waals surface area contributed by atoms with Gasteiger partial charge in [-0.3, -0.25) is 0 Å². The molecule has 0 aliphatic rings. The maximum absolute atomic E-state index is 14.1. The van der Waals surface area contributed by atoms with E-state index in [9.17, 15) is 17.6 Å². The summed E-state index contributed by atoms with van der Waals surface area (Å²) in [6, 6.07) is 4.02. The average molecular weight is 328 g/mol. The van der Waals surface area contributed by atoms with E-state index in [2.05, 4.69) is 23.5 Å². The van der Waals surface area contributed by atoms with Gasteiger partial charge in [0.05, 0.1) is 5.70 Å². The number of hydrogen-bond acceptors (Lipinski definition) is 2. The third-order valence-electron chi connectivity index (χ3n) is 3.06. The van der Waals surface area contributed by atoms with E-state index in [4.69, 9.17) is 0 Å². The fraction of sp³-hybridized carbons (Fsp3) is 0.353. The zero-order valence-corrected chi connectivity index (χ0v) is 13.4. The molecule has 0 spiro atoms. The van der Waals surface area contributed by atoms with Crippen molar-refractivity contribution in [2.75, 3.05) is 6.54 Å². The third-order valence-corrected chi connectivity index (χ3v) is 3.06. The largest absolute Gasteiger partial charge is 0.429 e. The van der Waals surface area contributed by atoms with Gasteiger partial charge in [0.25, 0.3) is 0 Å². The summed E-state index contributed by atoms with van der Waals surface area (Å²) in [4.78, 5) is 3.39. The lowest BCUT2D eigenvalue weighted by atomic mass is 10.1. The smallest absolute Gasteiger partial charge is 0.385 e. The molecule has 6 heteroatoms. The first-order valence-electron chi connectivity index (χ1n) is 7.06. The molecule has 0 saturated carbocycles. The van der Waals surface area contributed by atoms with Crippen LogP contribution in [0.2, 0.25) is 0 Å². The Morgan fingerprint density at radius 3 is 2.35 bits per heavy atom. The van der Waals surface area contributed by atoms with Crippen LogP contribution in [-0.2, 0) is 0 Å². The standard InChI is InChI=1S/C17H20F4N2/c1-10(2)9-22-12(4)15-7-6-14(8-16(15)18)11(3)23-13(5)17(19,20)21/h6-8,10,22H,3-4,9H2,1-2,5H3/b23-13+. The van der Waals surface area contributed by atoms with Crippen molar-refractivity contribution in [3.63, 3.8) is 0 Å². The van der Waals surface area contributed by atoms with Gasteiger partial charge in [0, 0.05) is 23.4 Å². The Balaban J connectivity index is 2.96. The molecule has 0 atom stereocenters. The Kier molecular flexibility index (Phi) is 6.12. The summed E-state index contributed by atoms with van der Waals surface area (Å²) in [5.74, 6) is -0.224. The zero-order valence-electron chi connectivity index (χ0n) is 13.4. The molecule has 0 aliphatic carbocycles. The van der Waals surface area contributed by atoms with Crippen molar-refractivity contribution in [1.29, 1.82) is 0 Å². The predicted octanol–water partition coefficient (Wildman–Crippen LogP) is 5.04. The zero-order chi connectivity index (χ0) is 17.8. The minimum atomic E-state index is -4.53. The lowest BCUT2D eigenvalue weighted by molar-refractivity contribution is -0.0591. The van der Waals surface area contributed by atoms with Crippen LogP contribution in [0.15, 0.2) is 36.3 Å². The van der Waals surface area contributed by atoms with Gasteiger partial charge < -0.3 is 5.32 Å². The molecule has 23 heavy (non-hydrogen) atoms. The number of nitrogens with one attached hydrogen (secondary N) is 1. The van der Waals surface area contributed by atoms with Crippen LogP contribution < -0.4 is 5.32 Å². The second-order valence-electron chi connectivity index (χ2n) is 5.59. The predicted molar refractivity (Wildman–Crippen MR) is 86.5 cm³/mol. The summed E-state index contributed by atoms with van der Waals surface area (Å²) in [5.41, 5.74) is -0.311. The molecule has 2 nitrogen and oxygen atoms in total. The van der Waals surface area contributed by atoms with Crippen LogP contribution in [0.25, 0.3) is 11.4 Å². The van der Waals surface area contributed by atoms with Crippen molar-refractivity contribution in [2.24, 2.45) is 10.9 Å². The van der Waals surface area contributed by atoms with Crippen molar-refractivity contribution in [3.05, 3.63) is 48.3 Å². The molecule has 0 fully saturated rings. The van der Waals surface area contributed by atoms with E-state index in [1.54, 1.807) is 0 Å². The molecule has 0 radical (unpaired) electrons. The Bertz CT molecular complexity index is 628. The summed E-state index contributed by atoms with van der Waals surface area (Å²) in [6.45, 7) is 12.7. The summed E-state index contributed by atoms with van der Waals surface area (Å²) in [5, 5.41) is 3.01. The van der Waals surface area contributed by atoms with E-state index in [0.717, 1.165) is 13.0 Å². The van der Waals surface area contributed by atoms with Gasteiger partial charge in [-0.25, -0.2) is 9.38 Å².